The van der Waals surface area contributed by atoms with Crippen molar-refractivity contribution in [1.82, 2.24) is 5.32 Å². The maximum atomic E-state index is 11.9. The van der Waals surface area contributed by atoms with E-state index in [1.807, 2.05) is 30.3 Å². The van der Waals surface area contributed by atoms with Gasteiger partial charge in [0.05, 0.1) is 0 Å². The normalized spacial score (nSPS) is 11.2. The highest BCUT2D eigenvalue weighted by atomic mass is 32.2. The first kappa shape index (κ1) is 14.7. The zero-order chi connectivity index (χ0) is 14.4. The topological polar surface area (TPSA) is 63.2 Å². The molecule has 1 aromatic heterocycles. The Morgan fingerprint density at radius 2 is 1.85 bits per heavy atom. The molecule has 4 nitrogen and oxygen atoms in total. The molecule has 20 heavy (non-hydrogen) atoms. The molecule has 0 saturated heterocycles. The van der Waals surface area contributed by atoms with E-state index in [9.17, 15) is 13.2 Å². The van der Waals surface area contributed by atoms with E-state index in [2.05, 4.69) is 5.32 Å². The molecule has 0 fully saturated rings. The molecule has 6 heteroatoms. The molecular weight excluding hydrogens is 294 g/mol. The molecule has 0 aliphatic heterocycles. The van der Waals surface area contributed by atoms with Gasteiger partial charge in [-0.2, -0.15) is 0 Å². The molecule has 0 spiro atoms. The maximum absolute atomic E-state index is 11.9. The second kappa shape index (κ2) is 6.67. The Morgan fingerprint density at radius 1 is 1.10 bits per heavy atom. The van der Waals surface area contributed by atoms with Gasteiger partial charge in [-0.3, -0.25) is 4.79 Å². The van der Waals surface area contributed by atoms with Crippen LogP contribution in [0.1, 0.15) is 5.56 Å². The molecule has 0 aliphatic rings. The highest BCUT2D eigenvalue weighted by Gasteiger charge is 2.19. The van der Waals surface area contributed by atoms with Crippen molar-refractivity contribution in [1.29, 1.82) is 0 Å². The summed E-state index contributed by atoms with van der Waals surface area (Å²) in [6.07, 6.45) is 0.686. The van der Waals surface area contributed by atoms with E-state index in [4.69, 9.17) is 0 Å². The van der Waals surface area contributed by atoms with E-state index in [0.717, 1.165) is 16.9 Å². The number of carbonyl (C=O) groups excluding carboxylic acids is 1. The summed E-state index contributed by atoms with van der Waals surface area (Å²) in [5.41, 5.74) is 1.11. The molecule has 0 aliphatic carbocycles. The predicted molar refractivity (Wildman–Crippen MR) is 79.5 cm³/mol. The van der Waals surface area contributed by atoms with Crippen molar-refractivity contribution >= 4 is 27.1 Å². The van der Waals surface area contributed by atoms with Crippen LogP contribution in [0.5, 0.6) is 0 Å². The number of nitrogens with one attached hydrogen (secondary N) is 1. The predicted octanol–water partition coefficient (Wildman–Crippen LogP) is 1.88. The summed E-state index contributed by atoms with van der Waals surface area (Å²) < 4.78 is 24.0. The Balaban J connectivity index is 1.81. The van der Waals surface area contributed by atoms with Crippen LogP contribution in [-0.2, 0) is 21.1 Å². The molecule has 0 saturated carbocycles. The molecule has 0 atom stereocenters. The van der Waals surface area contributed by atoms with Crippen molar-refractivity contribution in [2.75, 3.05) is 12.3 Å². The van der Waals surface area contributed by atoms with E-state index in [-0.39, 0.29) is 4.21 Å². The molecule has 2 rings (SSSR count). The van der Waals surface area contributed by atoms with E-state index < -0.39 is 21.5 Å². The standard InChI is InChI=1S/C14H15NO3S2/c16-13(11-20(17,18)14-7-4-10-19-14)15-9-8-12-5-2-1-3-6-12/h1-7,10H,8-9,11H2,(H,15,16). The third-order valence-electron chi connectivity index (χ3n) is 2.70. The van der Waals surface area contributed by atoms with Crippen LogP contribution in [0.15, 0.2) is 52.1 Å². The lowest BCUT2D eigenvalue weighted by Gasteiger charge is -2.05. The number of hydrogen-bond donors (Lipinski definition) is 1. The van der Waals surface area contributed by atoms with E-state index >= 15 is 0 Å². The minimum atomic E-state index is -3.50. The number of carbonyl (C=O) groups is 1. The lowest BCUT2D eigenvalue weighted by atomic mass is 10.1. The van der Waals surface area contributed by atoms with Crippen LogP contribution in [0.4, 0.5) is 0 Å². The summed E-state index contributed by atoms with van der Waals surface area (Å²) >= 11 is 1.12. The van der Waals surface area contributed by atoms with Crippen LogP contribution in [-0.4, -0.2) is 26.6 Å². The first-order valence-electron chi connectivity index (χ1n) is 6.15. The van der Waals surface area contributed by atoms with Crippen LogP contribution >= 0.6 is 11.3 Å². The molecule has 106 valence electrons. The summed E-state index contributed by atoms with van der Waals surface area (Å²) in [6.45, 7) is 0.433. The van der Waals surface area contributed by atoms with Gasteiger partial charge in [-0.1, -0.05) is 36.4 Å². The average molecular weight is 309 g/mol. The molecule has 0 unspecified atom stereocenters. The van der Waals surface area contributed by atoms with Crippen LogP contribution < -0.4 is 5.32 Å². The van der Waals surface area contributed by atoms with Gasteiger partial charge in [-0.15, -0.1) is 11.3 Å². The fourth-order valence-corrected chi connectivity index (χ4v) is 3.98. The summed E-state index contributed by atoms with van der Waals surface area (Å²) in [6, 6.07) is 12.9. The number of amides is 1. The molecule has 1 heterocycles. The Kier molecular flexibility index (Phi) is 4.92. The number of hydrogen-bond acceptors (Lipinski definition) is 4. The van der Waals surface area contributed by atoms with E-state index in [0.29, 0.717) is 13.0 Å². The fraction of sp³-hybridized carbons (Fsp3) is 0.214. The van der Waals surface area contributed by atoms with Crippen molar-refractivity contribution in [3.63, 3.8) is 0 Å². The van der Waals surface area contributed by atoms with Crippen LogP contribution in [0.25, 0.3) is 0 Å². The van der Waals surface area contributed by atoms with Crippen LogP contribution in [0.3, 0.4) is 0 Å². The van der Waals surface area contributed by atoms with Crippen molar-refractivity contribution < 1.29 is 13.2 Å². The van der Waals surface area contributed by atoms with Crippen molar-refractivity contribution in [3.8, 4) is 0 Å². The monoisotopic (exact) mass is 309 g/mol. The van der Waals surface area contributed by atoms with Gasteiger partial charge in [0.1, 0.15) is 9.96 Å². The number of rotatable bonds is 6. The van der Waals surface area contributed by atoms with Crippen molar-refractivity contribution in [2.24, 2.45) is 0 Å². The summed E-state index contributed by atoms with van der Waals surface area (Å²) in [5.74, 6) is -0.961. The smallest absolute Gasteiger partial charge is 0.235 e. The van der Waals surface area contributed by atoms with Crippen molar-refractivity contribution in [3.05, 3.63) is 53.4 Å². The molecule has 2 aromatic rings. The largest absolute Gasteiger partial charge is 0.355 e. The van der Waals surface area contributed by atoms with Gasteiger partial charge in [0, 0.05) is 6.54 Å². The first-order chi connectivity index (χ1) is 9.58. The number of sulfone groups is 1. The van der Waals surface area contributed by atoms with Crippen LogP contribution in [0, 0.1) is 0 Å². The molecule has 1 N–H and O–H groups in total. The van der Waals surface area contributed by atoms with Gasteiger partial charge < -0.3 is 5.32 Å². The number of thiophene rings is 1. The number of benzene rings is 1. The maximum Gasteiger partial charge on any atom is 0.235 e. The van der Waals surface area contributed by atoms with Gasteiger partial charge in [0.15, 0.2) is 9.84 Å². The lowest BCUT2D eigenvalue weighted by molar-refractivity contribution is -0.118. The first-order valence-corrected chi connectivity index (χ1v) is 8.68. The molecule has 1 amide bonds. The summed E-state index contributed by atoms with van der Waals surface area (Å²) in [5, 5.41) is 4.32. The van der Waals surface area contributed by atoms with Gasteiger partial charge in [0.2, 0.25) is 5.91 Å². The Hall–Kier alpha value is -1.66. The lowest BCUT2D eigenvalue weighted by Crippen LogP contribution is -2.31. The van der Waals surface area contributed by atoms with Gasteiger partial charge in [-0.25, -0.2) is 8.42 Å². The van der Waals surface area contributed by atoms with Gasteiger partial charge >= 0.3 is 0 Å². The molecule has 0 radical (unpaired) electrons. The second-order valence-electron chi connectivity index (χ2n) is 4.28. The third-order valence-corrected chi connectivity index (χ3v) is 5.80. The minimum absolute atomic E-state index is 0.232. The Morgan fingerprint density at radius 3 is 2.50 bits per heavy atom. The fourth-order valence-electron chi connectivity index (χ4n) is 1.73. The van der Waals surface area contributed by atoms with E-state index in [1.54, 1.807) is 11.4 Å². The molecule has 0 bridgehead atoms. The van der Waals surface area contributed by atoms with Gasteiger partial charge in [-0.05, 0) is 23.4 Å². The zero-order valence-corrected chi connectivity index (χ0v) is 12.4. The Labute approximate surface area is 122 Å². The van der Waals surface area contributed by atoms with E-state index in [1.165, 1.54) is 6.07 Å². The van der Waals surface area contributed by atoms with Crippen molar-refractivity contribution in [2.45, 2.75) is 10.6 Å². The molecule has 1 aromatic carbocycles. The quantitative estimate of drug-likeness (QED) is 0.886. The third kappa shape index (κ3) is 4.18. The summed E-state index contributed by atoms with van der Waals surface area (Å²) in [4.78, 5) is 11.7. The summed E-state index contributed by atoms with van der Waals surface area (Å²) in [7, 11) is -3.50. The minimum Gasteiger partial charge on any atom is -0.355 e. The second-order valence-corrected chi connectivity index (χ2v) is 7.44. The SMILES string of the molecule is O=C(CS(=O)(=O)c1cccs1)NCCc1ccccc1. The zero-order valence-electron chi connectivity index (χ0n) is 10.8. The Bertz CT molecular complexity index is 649. The molecular formula is C14H15NO3S2. The van der Waals surface area contributed by atoms with Crippen LogP contribution in [0.2, 0.25) is 0 Å². The average Bonchev–Trinajstić information content (AvgIpc) is 2.94. The van der Waals surface area contributed by atoms with Gasteiger partial charge in [0.25, 0.3) is 0 Å². The highest BCUT2D eigenvalue weighted by molar-refractivity contribution is 7.94. The highest BCUT2D eigenvalue weighted by Crippen LogP contribution is 2.17.